The van der Waals surface area contributed by atoms with Crippen molar-refractivity contribution in [3.05, 3.63) is 70.2 Å². The highest BCUT2D eigenvalue weighted by Crippen LogP contribution is 2.33. The highest BCUT2D eigenvalue weighted by Gasteiger charge is 2.30. The number of nitrogens with zero attached hydrogens (tertiary/aromatic N) is 2. The van der Waals surface area contributed by atoms with Crippen LogP contribution in [0.1, 0.15) is 47.4 Å². The van der Waals surface area contributed by atoms with Crippen molar-refractivity contribution in [2.75, 3.05) is 6.61 Å². The summed E-state index contributed by atoms with van der Waals surface area (Å²) in [5.74, 6) is 0.646. The summed E-state index contributed by atoms with van der Waals surface area (Å²) in [5, 5.41) is 4.73. The normalized spacial score (nSPS) is 14.4. The Morgan fingerprint density at radius 2 is 1.85 bits per heavy atom. The van der Waals surface area contributed by atoms with Crippen molar-refractivity contribution in [2.24, 2.45) is 5.16 Å². The van der Waals surface area contributed by atoms with E-state index in [-0.39, 0.29) is 11.7 Å². The molecule has 34 heavy (non-hydrogen) atoms. The van der Waals surface area contributed by atoms with Crippen molar-refractivity contribution in [3.8, 4) is 16.3 Å². The maximum Gasteiger partial charge on any atom is 0.416 e. The van der Waals surface area contributed by atoms with Gasteiger partial charge in [0.15, 0.2) is 0 Å². The standard InChI is InChI=1S/C25H23F3N2O3S/c1-15(31)13-21(22-11-12-33-30-22)17-5-9-20(10-6-17)32-14-23-16(2)29-24(34-23)18-3-7-19(8-4-18)25(26,27)28/h3-10,21H,11-14H2,1-2H3. The third-order valence-corrected chi connectivity index (χ3v) is 6.71. The molecule has 0 bridgehead atoms. The zero-order valence-electron chi connectivity index (χ0n) is 18.7. The predicted octanol–water partition coefficient (Wildman–Crippen LogP) is 6.56. The average Bonchev–Trinajstić information content (AvgIpc) is 3.46. The van der Waals surface area contributed by atoms with E-state index in [2.05, 4.69) is 10.1 Å². The number of carbonyl (C=O) groups is 1. The molecular formula is C25H23F3N2O3S. The molecule has 0 saturated heterocycles. The first-order chi connectivity index (χ1) is 16.2. The highest BCUT2D eigenvalue weighted by atomic mass is 32.1. The summed E-state index contributed by atoms with van der Waals surface area (Å²) < 4.78 is 44.3. The third-order valence-electron chi connectivity index (χ3n) is 5.53. The van der Waals surface area contributed by atoms with Gasteiger partial charge in [0.2, 0.25) is 0 Å². The van der Waals surface area contributed by atoms with Crippen LogP contribution < -0.4 is 4.74 Å². The predicted molar refractivity (Wildman–Crippen MR) is 124 cm³/mol. The molecule has 0 saturated carbocycles. The van der Waals surface area contributed by atoms with Crippen LogP contribution in [-0.4, -0.2) is 23.1 Å². The van der Waals surface area contributed by atoms with Crippen LogP contribution in [0.15, 0.2) is 53.7 Å². The smallest absolute Gasteiger partial charge is 0.416 e. The van der Waals surface area contributed by atoms with E-state index in [1.807, 2.05) is 31.2 Å². The number of rotatable bonds is 8. The topological polar surface area (TPSA) is 60.8 Å². The minimum absolute atomic E-state index is 0.0875. The third kappa shape index (κ3) is 5.64. The van der Waals surface area contributed by atoms with Gasteiger partial charge in [0.05, 0.1) is 21.8 Å². The molecule has 1 aromatic heterocycles. The lowest BCUT2D eigenvalue weighted by Gasteiger charge is -2.15. The second-order valence-electron chi connectivity index (χ2n) is 8.08. The molecule has 0 fully saturated rings. The van der Waals surface area contributed by atoms with Gasteiger partial charge in [0, 0.05) is 24.3 Å². The molecule has 0 spiro atoms. The number of oxime groups is 1. The number of carbonyl (C=O) groups excluding carboxylic acids is 1. The van der Waals surface area contributed by atoms with Crippen molar-refractivity contribution < 1.29 is 27.5 Å². The molecule has 0 radical (unpaired) electrons. The lowest BCUT2D eigenvalue weighted by Crippen LogP contribution is -2.14. The van der Waals surface area contributed by atoms with Crippen molar-refractivity contribution >= 4 is 22.8 Å². The van der Waals surface area contributed by atoms with E-state index in [1.165, 1.54) is 23.5 Å². The monoisotopic (exact) mass is 488 g/mol. The van der Waals surface area contributed by atoms with Crippen LogP contribution in [0.2, 0.25) is 0 Å². The number of hydrogen-bond acceptors (Lipinski definition) is 6. The number of halogens is 3. The quantitative estimate of drug-likeness (QED) is 0.361. The van der Waals surface area contributed by atoms with E-state index in [9.17, 15) is 18.0 Å². The summed E-state index contributed by atoms with van der Waals surface area (Å²) in [4.78, 5) is 22.2. The maximum absolute atomic E-state index is 12.8. The van der Waals surface area contributed by atoms with Gasteiger partial charge in [-0.1, -0.05) is 29.4 Å². The Labute approximate surface area is 199 Å². The molecule has 0 N–H and O–H groups in total. The number of aromatic nitrogens is 1. The number of aryl methyl sites for hydroxylation is 1. The molecule has 9 heteroatoms. The van der Waals surface area contributed by atoms with Gasteiger partial charge in [-0.15, -0.1) is 11.3 Å². The van der Waals surface area contributed by atoms with Gasteiger partial charge >= 0.3 is 6.18 Å². The fourth-order valence-corrected chi connectivity index (χ4v) is 4.69. The van der Waals surface area contributed by atoms with E-state index in [0.29, 0.717) is 42.4 Å². The Morgan fingerprint density at radius 1 is 1.15 bits per heavy atom. The van der Waals surface area contributed by atoms with E-state index in [0.717, 1.165) is 34.0 Å². The maximum atomic E-state index is 12.8. The van der Waals surface area contributed by atoms with E-state index >= 15 is 0 Å². The molecular weight excluding hydrogens is 465 g/mol. The first-order valence-electron chi connectivity index (χ1n) is 10.8. The van der Waals surface area contributed by atoms with E-state index < -0.39 is 11.7 Å². The summed E-state index contributed by atoms with van der Waals surface area (Å²) in [5.41, 5.74) is 2.57. The SMILES string of the molecule is CC(=O)CC(C1=NOCC1)c1ccc(OCc2sc(-c3ccc(C(F)(F)F)cc3)nc2C)cc1. The zero-order valence-corrected chi connectivity index (χ0v) is 19.5. The van der Waals surface area contributed by atoms with Gasteiger partial charge in [0.1, 0.15) is 29.8 Å². The van der Waals surface area contributed by atoms with E-state index in [1.54, 1.807) is 6.92 Å². The molecule has 1 unspecified atom stereocenters. The Balaban J connectivity index is 1.43. The second kappa shape index (κ2) is 9.97. The van der Waals surface area contributed by atoms with Crippen LogP contribution >= 0.6 is 11.3 Å². The first-order valence-corrected chi connectivity index (χ1v) is 11.6. The Hall–Kier alpha value is -3.20. The fraction of sp³-hybridized carbons (Fsp3) is 0.320. The zero-order chi connectivity index (χ0) is 24.3. The van der Waals surface area contributed by atoms with Crippen LogP contribution in [0.3, 0.4) is 0 Å². The number of hydrogen-bond donors (Lipinski definition) is 0. The summed E-state index contributed by atoms with van der Waals surface area (Å²) in [6.45, 7) is 4.24. The van der Waals surface area contributed by atoms with Crippen LogP contribution in [0.4, 0.5) is 13.2 Å². The number of alkyl halides is 3. The second-order valence-corrected chi connectivity index (χ2v) is 9.17. The average molecular weight is 489 g/mol. The number of benzene rings is 2. The van der Waals surface area contributed by atoms with Gasteiger partial charge < -0.3 is 9.57 Å². The van der Waals surface area contributed by atoms with Crippen LogP contribution in [0.5, 0.6) is 5.75 Å². The minimum Gasteiger partial charge on any atom is -0.488 e. The van der Waals surface area contributed by atoms with Gasteiger partial charge in [-0.05, 0) is 43.7 Å². The summed E-state index contributed by atoms with van der Waals surface area (Å²) in [6, 6.07) is 12.5. The number of ether oxygens (including phenoxy) is 1. The van der Waals surface area contributed by atoms with E-state index in [4.69, 9.17) is 9.57 Å². The number of Topliss-reactive ketones (excluding diaryl/α,β-unsaturated/α-hetero) is 1. The van der Waals surface area contributed by atoms with Crippen LogP contribution in [0, 0.1) is 6.92 Å². The molecule has 1 aliphatic rings. The van der Waals surface area contributed by atoms with Gasteiger partial charge in [0.25, 0.3) is 0 Å². The Morgan fingerprint density at radius 3 is 2.44 bits per heavy atom. The van der Waals surface area contributed by atoms with Crippen molar-refractivity contribution in [3.63, 3.8) is 0 Å². The van der Waals surface area contributed by atoms with Gasteiger partial charge in [-0.3, -0.25) is 4.79 Å². The fourth-order valence-electron chi connectivity index (χ4n) is 3.71. The van der Waals surface area contributed by atoms with Crippen molar-refractivity contribution in [1.82, 2.24) is 4.98 Å². The molecule has 1 atom stereocenters. The molecule has 178 valence electrons. The number of thiazole rings is 1. The summed E-state index contributed by atoms with van der Waals surface area (Å²) >= 11 is 1.39. The molecule has 5 nitrogen and oxygen atoms in total. The number of ketones is 1. The molecule has 2 heterocycles. The molecule has 1 aliphatic heterocycles. The van der Waals surface area contributed by atoms with Crippen LogP contribution in [0.25, 0.3) is 10.6 Å². The van der Waals surface area contributed by atoms with Gasteiger partial charge in [-0.2, -0.15) is 13.2 Å². The summed E-state index contributed by atoms with van der Waals surface area (Å²) in [7, 11) is 0. The lowest BCUT2D eigenvalue weighted by atomic mass is 9.88. The largest absolute Gasteiger partial charge is 0.488 e. The molecule has 0 aliphatic carbocycles. The molecule has 4 rings (SSSR count). The first kappa shape index (κ1) is 23.9. The van der Waals surface area contributed by atoms with Crippen molar-refractivity contribution in [1.29, 1.82) is 0 Å². The summed E-state index contributed by atoms with van der Waals surface area (Å²) in [6.07, 6.45) is -3.28. The molecule has 0 amide bonds. The van der Waals surface area contributed by atoms with Gasteiger partial charge in [-0.25, -0.2) is 4.98 Å². The lowest BCUT2D eigenvalue weighted by molar-refractivity contribution is -0.137. The Bertz CT molecular complexity index is 1190. The molecule has 3 aromatic rings. The molecule has 2 aromatic carbocycles. The minimum atomic E-state index is -4.36. The van der Waals surface area contributed by atoms with Crippen LogP contribution in [-0.2, 0) is 22.4 Å². The Kier molecular flexibility index (Phi) is 7.02. The highest BCUT2D eigenvalue weighted by molar-refractivity contribution is 7.15. The van der Waals surface area contributed by atoms with Crippen molar-refractivity contribution in [2.45, 2.75) is 45.4 Å².